The predicted octanol–water partition coefficient (Wildman–Crippen LogP) is 1.62. The van der Waals surface area contributed by atoms with Gasteiger partial charge in [0.05, 0.1) is 6.54 Å². The van der Waals surface area contributed by atoms with Crippen molar-refractivity contribution in [3.63, 3.8) is 0 Å². The summed E-state index contributed by atoms with van der Waals surface area (Å²) in [6.45, 7) is -0.218. The fourth-order valence-corrected chi connectivity index (χ4v) is 2.77. The van der Waals surface area contributed by atoms with Crippen LogP contribution in [-0.4, -0.2) is 30.1 Å². The molecule has 0 bridgehead atoms. The number of carbonyl (C=O) groups is 2. The van der Waals surface area contributed by atoms with E-state index in [2.05, 4.69) is 32.6 Å². The number of carbonyl (C=O) groups excluding carboxylic acids is 1. The third kappa shape index (κ3) is 3.58. The van der Waals surface area contributed by atoms with E-state index in [1.165, 1.54) is 0 Å². The van der Waals surface area contributed by atoms with E-state index in [4.69, 9.17) is 5.11 Å². The molecule has 20 heavy (non-hydrogen) atoms. The Balaban J connectivity index is 1.95. The first kappa shape index (κ1) is 15.0. The molecule has 0 aromatic heterocycles. The lowest BCUT2D eigenvalue weighted by molar-refractivity contribution is -0.137. The lowest BCUT2D eigenvalue weighted by atomic mass is 9.72. The molecule has 1 fully saturated rings. The SMILES string of the molecule is O=C(O)CNC(=O)CNC1(c2cccc(Br)c2)CCC1. The number of amides is 1. The third-order valence-electron chi connectivity index (χ3n) is 3.61. The van der Waals surface area contributed by atoms with E-state index < -0.39 is 5.97 Å². The standard InChI is InChI=1S/C14H17BrN2O3/c15-11-4-1-3-10(7-11)14(5-2-6-14)17-8-12(18)16-9-13(19)20/h1,3-4,7,17H,2,5-6,8-9H2,(H,16,18)(H,19,20). The molecule has 6 heteroatoms. The monoisotopic (exact) mass is 340 g/mol. The number of halogens is 1. The molecule has 108 valence electrons. The van der Waals surface area contributed by atoms with Crippen LogP contribution in [0.1, 0.15) is 24.8 Å². The second-order valence-corrected chi connectivity index (χ2v) is 5.89. The molecule has 0 spiro atoms. The number of hydrogen-bond donors (Lipinski definition) is 3. The maximum atomic E-state index is 11.6. The highest BCUT2D eigenvalue weighted by molar-refractivity contribution is 9.10. The van der Waals surface area contributed by atoms with Gasteiger partial charge in [-0.15, -0.1) is 0 Å². The number of aliphatic carboxylic acids is 1. The maximum Gasteiger partial charge on any atom is 0.322 e. The summed E-state index contributed by atoms with van der Waals surface area (Å²) >= 11 is 3.46. The Morgan fingerprint density at radius 2 is 2.05 bits per heavy atom. The number of carboxylic acids is 1. The van der Waals surface area contributed by atoms with Crippen LogP contribution in [0.15, 0.2) is 28.7 Å². The minimum absolute atomic E-state index is 0.125. The van der Waals surface area contributed by atoms with E-state index in [1.54, 1.807) is 0 Å². The van der Waals surface area contributed by atoms with Crippen LogP contribution in [0.25, 0.3) is 0 Å². The summed E-state index contributed by atoms with van der Waals surface area (Å²) < 4.78 is 1.01. The Hall–Kier alpha value is -1.40. The Kier molecular flexibility index (Phi) is 4.77. The fraction of sp³-hybridized carbons (Fsp3) is 0.429. The number of nitrogens with one attached hydrogen (secondary N) is 2. The molecule has 3 N–H and O–H groups in total. The molecular weight excluding hydrogens is 324 g/mol. The van der Waals surface area contributed by atoms with Gasteiger partial charge in [-0.1, -0.05) is 28.1 Å². The van der Waals surface area contributed by atoms with Gasteiger partial charge in [0.25, 0.3) is 0 Å². The first-order valence-electron chi connectivity index (χ1n) is 6.51. The van der Waals surface area contributed by atoms with Crippen molar-refractivity contribution in [2.24, 2.45) is 0 Å². The Morgan fingerprint density at radius 1 is 1.30 bits per heavy atom. The molecular formula is C14H17BrN2O3. The Morgan fingerprint density at radius 3 is 2.60 bits per heavy atom. The van der Waals surface area contributed by atoms with Crippen LogP contribution in [0.4, 0.5) is 0 Å². The molecule has 5 nitrogen and oxygen atoms in total. The van der Waals surface area contributed by atoms with Crippen molar-refractivity contribution in [1.82, 2.24) is 10.6 Å². The van der Waals surface area contributed by atoms with Crippen molar-refractivity contribution < 1.29 is 14.7 Å². The second-order valence-electron chi connectivity index (χ2n) is 4.97. The first-order valence-corrected chi connectivity index (χ1v) is 7.31. The summed E-state index contributed by atoms with van der Waals surface area (Å²) in [5.74, 6) is -1.34. The van der Waals surface area contributed by atoms with Gasteiger partial charge < -0.3 is 10.4 Å². The summed E-state index contributed by atoms with van der Waals surface area (Å²) in [5, 5.41) is 14.1. The molecule has 0 radical (unpaired) electrons. The van der Waals surface area contributed by atoms with Gasteiger partial charge in [-0.25, -0.2) is 0 Å². The van der Waals surface area contributed by atoms with Crippen LogP contribution >= 0.6 is 15.9 Å². The van der Waals surface area contributed by atoms with E-state index in [9.17, 15) is 9.59 Å². The molecule has 0 aliphatic heterocycles. The Labute approximate surface area is 125 Å². The molecule has 1 aliphatic carbocycles. The van der Waals surface area contributed by atoms with Gasteiger partial charge in [0, 0.05) is 10.0 Å². The number of carboxylic acid groups (broad SMARTS) is 1. The summed E-state index contributed by atoms with van der Waals surface area (Å²) in [5.41, 5.74) is 0.994. The summed E-state index contributed by atoms with van der Waals surface area (Å²) in [4.78, 5) is 22.0. The van der Waals surface area contributed by atoms with Crippen LogP contribution in [-0.2, 0) is 15.1 Å². The highest BCUT2D eigenvalue weighted by Crippen LogP contribution is 2.41. The van der Waals surface area contributed by atoms with Gasteiger partial charge in [0.2, 0.25) is 5.91 Å². The zero-order valence-corrected chi connectivity index (χ0v) is 12.6. The van der Waals surface area contributed by atoms with Crippen molar-refractivity contribution in [3.8, 4) is 0 Å². The molecule has 1 aromatic rings. The van der Waals surface area contributed by atoms with Gasteiger partial charge in [-0.05, 0) is 37.0 Å². The zero-order valence-electron chi connectivity index (χ0n) is 11.0. The molecule has 1 amide bonds. The van der Waals surface area contributed by atoms with Crippen molar-refractivity contribution in [3.05, 3.63) is 34.3 Å². The van der Waals surface area contributed by atoms with Crippen molar-refractivity contribution in [2.75, 3.05) is 13.1 Å². The highest BCUT2D eigenvalue weighted by atomic mass is 79.9. The molecule has 0 heterocycles. The van der Waals surface area contributed by atoms with E-state index in [1.807, 2.05) is 18.2 Å². The van der Waals surface area contributed by atoms with E-state index in [0.29, 0.717) is 0 Å². The lowest BCUT2D eigenvalue weighted by Crippen LogP contribution is -2.51. The topological polar surface area (TPSA) is 78.4 Å². The quantitative estimate of drug-likeness (QED) is 0.735. The van der Waals surface area contributed by atoms with Crippen LogP contribution in [0.2, 0.25) is 0 Å². The average Bonchev–Trinajstić information content (AvgIpc) is 2.35. The lowest BCUT2D eigenvalue weighted by Gasteiger charge is -2.43. The first-order chi connectivity index (χ1) is 9.52. The molecule has 1 saturated carbocycles. The summed E-state index contributed by atoms with van der Waals surface area (Å²) in [7, 11) is 0. The third-order valence-corrected chi connectivity index (χ3v) is 4.10. The number of benzene rings is 1. The van der Waals surface area contributed by atoms with E-state index >= 15 is 0 Å². The van der Waals surface area contributed by atoms with Gasteiger partial charge >= 0.3 is 5.97 Å². The Bertz CT molecular complexity index is 515. The van der Waals surface area contributed by atoms with Gasteiger partial charge in [-0.3, -0.25) is 14.9 Å². The normalized spacial score (nSPS) is 16.2. The van der Waals surface area contributed by atoms with Gasteiger partial charge in [0.15, 0.2) is 0 Å². The zero-order chi connectivity index (χ0) is 14.6. The molecule has 1 aromatic carbocycles. The van der Waals surface area contributed by atoms with E-state index in [0.717, 1.165) is 29.3 Å². The molecule has 2 rings (SSSR count). The largest absolute Gasteiger partial charge is 0.480 e. The van der Waals surface area contributed by atoms with Crippen LogP contribution in [0.5, 0.6) is 0 Å². The molecule has 0 unspecified atom stereocenters. The van der Waals surface area contributed by atoms with Crippen molar-refractivity contribution in [1.29, 1.82) is 0 Å². The summed E-state index contributed by atoms with van der Waals surface area (Å²) in [6, 6.07) is 8.05. The van der Waals surface area contributed by atoms with Crippen LogP contribution < -0.4 is 10.6 Å². The maximum absolute atomic E-state index is 11.6. The van der Waals surface area contributed by atoms with Gasteiger partial charge in [0.1, 0.15) is 6.54 Å². The highest BCUT2D eigenvalue weighted by Gasteiger charge is 2.38. The van der Waals surface area contributed by atoms with Crippen molar-refractivity contribution >= 4 is 27.8 Å². The summed E-state index contributed by atoms with van der Waals surface area (Å²) in [6.07, 6.45) is 3.08. The van der Waals surface area contributed by atoms with Gasteiger partial charge in [-0.2, -0.15) is 0 Å². The average molecular weight is 341 g/mol. The second kappa shape index (κ2) is 6.37. The van der Waals surface area contributed by atoms with Crippen LogP contribution in [0, 0.1) is 0 Å². The number of hydrogen-bond acceptors (Lipinski definition) is 3. The predicted molar refractivity (Wildman–Crippen MR) is 78.3 cm³/mol. The van der Waals surface area contributed by atoms with Crippen molar-refractivity contribution in [2.45, 2.75) is 24.8 Å². The smallest absolute Gasteiger partial charge is 0.322 e. The minimum Gasteiger partial charge on any atom is -0.480 e. The molecule has 0 atom stereocenters. The van der Waals surface area contributed by atoms with Crippen LogP contribution in [0.3, 0.4) is 0 Å². The minimum atomic E-state index is -1.04. The number of rotatable bonds is 6. The fourth-order valence-electron chi connectivity index (χ4n) is 2.37. The molecule has 0 saturated heterocycles. The van der Waals surface area contributed by atoms with E-state index in [-0.39, 0.29) is 24.5 Å². The molecule has 1 aliphatic rings.